The number of carboxylic acid groups (broad SMARTS) is 1. The zero-order valence-electron chi connectivity index (χ0n) is 9.77. The summed E-state index contributed by atoms with van der Waals surface area (Å²) in [5.41, 5.74) is 4.90. The van der Waals surface area contributed by atoms with E-state index in [1.165, 1.54) is 0 Å². The molecule has 0 aromatic carbocycles. The summed E-state index contributed by atoms with van der Waals surface area (Å²) in [6.45, 7) is 2.14. The zero-order chi connectivity index (χ0) is 13.3. The highest BCUT2D eigenvalue weighted by atomic mass is 16.5. The number of hydrogen-bond donors (Lipinski definition) is 3. The molecule has 4 N–H and O–H groups in total. The van der Waals surface area contributed by atoms with Crippen LogP contribution in [0.1, 0.15) is 26.2 Å². The van der Waals surface area contributed by atoms with E-state index >= 15 is 0 Å². The van der Waals surface area contributed by atoms with Gasteiger partial charge in [-0.1, -0.05) is 6.92 Å². The predicted molar refractivity (Wildman–Crippen MR) is 59.1 cm³/mol. The van der Waals surface area contributed by atoms with Gasteiger partial charge in [0, 0.05) is 13.0 Å². The Morgan fingerprint density at radius 2 is 2.06 bits per heavy atom. The van der Waals surface area contributed by atoms with Crippen LogP contribution in [-0.2, 0) is 19.1 Å². The van der Waals surface area contributed by atoms with Crippen molar-refractivity contribution >= 4 is 17.8 Å². The topological polar surface area (TPSA) is 119 Å². The Morgan fingerprint density at radius 1 is 1.41 bits per heavy atom. The summed E-state index contributed by atoms with van der Waals surface area (Å²) < 4.78 is 4.95. The lowest BCUT2D eigenvalue weighted by Crippen LogP contribution is -2.43. The van der Waals surface area contributed by atoms with Crippen LogP contribution in [0, 0.1) is 0 Å². The first-order valence-corrected chi connectivity index (χ1v) is 5.35. The Hall–Kier alpha value is -1.63. The maximum atomic E-state index is 11.3. The molecular weight excluding hydrogens is 228 g/mol. The molecule has 1 atom stereocenters. The van der Waals surface area contributed by atoms with Crippen molar-refractivity contribution in [2.45, 2.75) is 32.2 Å². The van der Waals surface area contributed by atoms with E-state index in [4.69, 9.17) is 15.6 Å². The largest absolute Gasteiger partial charge is 0.480 e. The van der Waals surface area contributed by atoms with Gasteiger partial charge >= 0.3 is 5.97 Å². The van der Waals surface area contributed by atoms with E-state index in [2.05, 4.69) is 5.32 Å². The zero-order valence-corrected chi connectivity index (χ0v) is 9.77. The summed E-state index contributed by atoms with van der Waals surface area (Å²) in [6, 6.07) is -1.11. The standard InChI is InChI=1S/C10H18N2O5/c1-2-5-17-6-9(14)12-7(10(15)16)3-4-8(11)13/h7H,2-6H2,1H3,(H2,11,13)(H,12,14)(H,15,16)/t7-/m1/s1. The average Bonchev–Trinajstić information content (AvgIpc) is 2.23. The Kier molecular flexibility index (Phi) is 7.70. The van der Waals surface area contributed by atoms with Gasteiger partial charge in [0.15, 0.2) is 0 Å². The molecule has 0 aromatic heterocycles. The maximum Gasteiger partial charge on any atom is 0.326 e. The van der Waals surface area contributed by atoms with E-state index in [0.29, 0.717) is 6.61 Å². The number of carbonyl (C=O) groups is 3. The smallest absolute Gasteiger partial charge is 0.326 e. The SMILES string of the molecule is CCCOCC(=O)N[C@H](CCC(N)=O)C(=O)O. The number of ether oxygens (including phenoxy) is 1. The molecule has 0 radical (unpaired) electrons. The molecule has 0 saturated heterocycles. The lowest BCUT2D eigenvalue weighted by atomic mass is 10.1. The van der Waals surface area contributed by atoms with Gasteiger partial charge in [0.25, 0.3) is 0 Å². The highest BCUT2D eigenvalue weighted by Crippen LogP contribution is 1.97. The van der Waals surface area contributed by atoms with Crippen LogP contribution in [0.4, 0.5) is 0 Å². The Bertz CT molecular complexity index is 280. The first-order valence-electron chi connectivity index (χ1n) is 5.35. The van der Waals surface area contributed by atoms with E-state index in [1.807, 2.05) is 6.92 Å². The van der Waals surface area contributed by atoms with E-state index in [-0.39, 0.29) is 19.4 Å². The van der Waals surface area contributed by atoms with Crippen molar-refractivity contribution in [3.63, 3.8) is 0 Å². The van der Waals surface area contributed by atoms with Gasteiger partial charge in [-0.25, -0.2) is 4.79 Å². The molecule has 0 rings (SSSR count). The Balaban J connectivity index is 4.02. The summed E-state index contributed by atoms with van der Waals surface area (Å²) >= 11 is 0. The molecule has 2 amide bonds. The minimum absolute atomic E-state index is 0.0236. The normalized spacial score (nSPS) is 11.8. The second-order valence-electron chi connectivity index (χ2n) is 3.52. The van der Waals surface area contributed by atoms with Gasteiger partial charge in [-0.15, -0.1) is 0 Å². The number of carbonyl (C=O) groups excluding carboxylic acids is 2. The Labute approximate surface area is 99.3 Å². The van der Waals surface area contributed by atoms with Gasteiger partial charge in [-0.2, -0.15) is 0 Å². The van der Waals surface area contributed by atoms with Crippen molar-refractivity contribution < 1.29 is 24.2 Å². The third-order valence-electron chi connectivity index (χ3n) is 1.89. The van der Waals surface area contributed by atoms with Crippen molar-refractivity contribution in [3.8, 4) is 0 Å². The molecule has 7 nitrogen and oxygen atoms in total. The molecule has 0 bridgehead atoms. The first kappa shape index (κ1) is 15.4. The van der Waals surface area contributed by atoms with Crippen LogP contribution in [0.15, 0.2) is 0 Å². The average molecular weight is 246 g/mol. The summed E-state index contributed by atoms with van der Waals surface area (Å²) in [6.07, 6.45) is 0.661. The number of aliphatic carboxylic acids is 1. The number of carboxylic acids is 1. The summed E-state index contributed by atoms with van der Waals surface area (Å²) in [4.78, 5) is 32.5. The highest BCUT2D eigenvalue weighted by molar-refractivity contribution is 5.84. The number of nitrogens with two attached hydrogens (primary N) is 1. The van der Waals surface area contributed by atoms with Crippen LogP contribution in [0.2, 0.25) is 0 Å². The van der Waals surface area contributed by atoms with E-state index in [9.17, 15) is 14.4 Å². The van der Waals surface area contributed by atoms with Crippen LogP contribution >= 0.6 is 0 Å². The van der Waals surface area contributed by atoms with E-state index in [1.54, 1.807) is 0 Å². The predicted octanol–water partition coefficient (Wildman–Crippen LogP) is -0.752. The Morgan fingerprint density at radius 3 is 2.53 bits per heavy atom. The fourth-order valence-electron chi connectivity index (χ4n) is 1.09. The molecule has 0 aliphatic carbocycles. The van der Waals surface area contributed by atoms with Crippen molar-refractivity contribution in [1.29, 1.82) is 0 Å². The highest BCUT2D eigenvalue weighted by Gasteiger charge is 2.20. The number of nitrogens with one attached hydrogen (secondary N) is 1. The van der Waals surface area contributed by atoms with E-state index in [0.717, 1.165) is 6.42 Å². The van der Waals surface area contributed by atoms with Gasteiger partial charge in [-0.05, 0) is 12.8 Å². The molecule has 98 valence electrons. The van der Waals surface area contributed by atoms with Crippen molar-refractivity contribution in [1.82, 2.24) is 5.32 Å². The van der Waals surface area contributed by atoms with Gasteiger partial charge in [-0.3, -0.25) is 9.59 Å². The quantitative estimate of drug-likeness (QED) is 0.462. The van der Waals surface area contributed by atoms with Crippen molar-refractivity contribution in [3.05, 3.63) is 0 Å². The molecule has 17 heavy (non-hydrogen) atoms. The van der Waals surface area contributed by atoms with Gasteiger partial charge in [0.2, 0.25) is 11.8 Å². The summed E-state index contributed by atoms with van der Waals surface area (Å²) in [5, 5.41) is 11.1. The molecule has 0 saturated carbocycles. The minimum Gasteiger partial charge on any atom is -0.480 e. The second-order valence-corrected chi connectivity index (χ2v) is 3.52. The van der Waals surface area contributed by atoms with Gasteiger partial charge in [0.05, 0.1) is 0 Å². The molecule has 0 fully saturated rings. The lowest BCUT2D eigenvalue weighted by molar-refractivity contribution is -0.142. The van der Waals surface area contributed by atoms with E-state index < -0.39 is 23.8 Å². The third kappa shape index (κ3) is 8.21. The molecule has 7 heteroatoms. The van der Waals surface area contributed by atoms with Crippen molar-refractivity contribution in [2.75, 3.05) is 13.2 Å². The second kappa shape index (κ2) is 8.51. The van der Waals surface area contributed by atoms with Crippen LogP contribution in [0.25, 0.3) is 0 Å². The third-order valence-corrected chi connectivity index (χ3v) is 1.89. The molecule has 0 unspecified atom stereocenters. The summed E-state index contributed by atoms with van der Waals surface area (Å²) in [5.74, 6) is -2.32. The molecule has 0 aromatic rings. The van der Waals surface area contributed by atoms with Gasteiger partial charge < -0.3 is 20.9 Å². The molecule has 0 spiro atoms. The first-order chi connectivity index (χ1) is 7.97. The number of amides is 2. The fourth-order valence-corrected chi connectivity index (χ4v) is 1.09. The number of rotatable bonds is 9. The van der Waals surface area contributed by atoms with Crippen LogP contribution in [0.3, 0.4) is 0 Å². The lowest BCUT2D eigenvalue weighted by Gasteiger charge is -2.13. The van der Waals surface area contributed by atoms with Crippen molar-refractivity contribution in [2.24, 2.45) is 5.73 Å². The fraction of sp³-hybridized carbons (Fsp3) is 0.700. The number of primary amides is 1. The summed E-state index contributed by atoms with van der Waals surface area (Å²) in [7, 11) is 0. The molecule has 0 aliphatic heterocycles. The van der Waals surface area contributed by atoms with Gasteiger partial charge in [0.1, 0.15) is 12.6 Å². The molecule has 0 heterocycles. The van der Waals surface area contributed by atoms with Crippen LogP contribution in [0.5, 0.6) is 0 Å². The molecular formula is C10H18N2O5. The number of hydrogen-bond acceptors (Lipinski definition) is 4. The molecule has 0 aliphatic rings. The minimum atomic E-state index is -1.20. The maximum absolute atomic E-state index is 11.3. The monoisotopic (exact) mass is 246 g/mol. The van der Waals surface area contributed by atoms with Crippen LogP contribution in [-0.4, -0.2) is 42.1 Å². The van der Waals surface area contributed by atoms with Crippen LogP contribution < -0.4 is 11.1 Å².